The van der Waals surface area contributed by atoms with E-state index in [1.165, 1.54) is 17.8 Å². The number of H-pyrrole nitrogens is 1. The van der Waals surface area contributed by atoms with Crippen LogP contribution in [0.4, 0.5) is 10.3 Å². The molecular formula is C12H10FN5S. The van der Waals surface area contributed by atoms with E-state index in [4.69, 9.17) is 5.73 Å². The molecule has 0 aliphatic heterocycles. The van der Waals surface area contributed by atoms with Crippen molar-refractivity contribution >= 4 is 28.6 Å². The average molecular weight is 275 g/mol. The first-order chi connectivity index (χ1) is 9.24. The number of aromatic nitrogens is 4. The van der Waals surface area contributed by atoms with Crippen LogP contribution < -0.4 is 5.73 Å². The lowest BCUT2D eigenvalue weighted by molar-refractivity contribution is 0.639. The molecule has 0 spiro atoms. The highest BCUT2D eigenvalue weighted by molar-refractivity contribution is 7.98. The lowest BCUT2D eigenvalue weighted by Crippen LogP contribution is -1.90. The number of nitrogens with zero attached hydrogens (tertiary/aromatic N) is 3. The van der Waals surface area contributed by atoms with Crippen molar-refractivity contribution in [2.75, 3.05) is 5.73 Å². The molecular weight excluding hydrogens is 265 g/mol. The number of nitrogens with one attached hydrogen (secondary N) is 1. The Kier molecular flexibility index (Phi) is 3.04. The number of hydrogen-bond acceptors (Lipinski definition) is 5. The smallest absolute Gasteiger partial charge is 0.216 e. The van der Waals surface area contributed by atoms with Gasteiger partial charge in [-0.25, -0.2) is 9.49 Å². The van der Waals surface area contributed by atoms with E-state index >= 15 is 0 Å². The Bertz CT molecular complexity index is 727. The molecule has 3 N–H and O–H groups in total. The number of nitrogen functional groups attached to an aromatic ring is 1. The van der Waals surface area contributed by atoms with Crippen LogP contribution in [0.5, 0.6) is 0 Å². The normalized spacial score (nSPS) is 11.0. The lowest BCUT2D eigenvalue weighted by Gasteiger charge is -2.04. The van der Waals surface area contributed by atoms with Crippen molar-refractivity contribution in [1.29, 1.82) is 0 Å². The first kappa shape index (κ1) is 11.9. The van der Waals surface area contributed by atoms with Gasteiger partial charge in [0.15, 0.2) is 0 Å². The summed E-state index contributed by atoms with van der Waals surface area (Å²) in [5.41, 5.74) is 7.05. The zero-order chi connectivity index (χ0) is 13.2. The van der Waals surface area contributed by atoms with E-state index in [9.17, 15) is 4.39 Å². The topological polar surface area (TPSA) is 80.5 Å². The predicted molar refractivity (Wildman–Crippen MR) is 72.1 cm³/mol. The highest BCUT2D eigenvalue weighted by Gasteiger charge is 2.08. The van der Waals surface area contributed by atoms with E-state index in [1.54, 1.807) is 24.4 Å². The van der Waals surface area contributed by atoms with E-state index < -0.39 is 0 Å². The van der Waals surface area contributed by atoms with Crippen LogP contribution in [0.25, 0.3) is 10.9 Å². The number of pyridine rings is 1. The second-order valence-electron chi connectivity index (χ2n) is 3.90. The van der Waals surface area contributed by atoms with Crippen molar-refractivity contribution in [1.82, 2.24) is 20.2 Å². The zero-order valence-electron chi connectivity index (χ0n) is 9.80. The molecule has 96 valence electrons. The van der Waals surface area contributed by atoms with Crippen molar-refractivity contribution in [2.45, 2.75) is 10.9 Å². The number of rotatable bonds is 3. The number of benzene rings is 1. The molecule has 2 heterocycles. The SMILES string of the molecule is Nc1nc(SCc2ccc(F)c3cccnc23)n[nH]1. The van der Waals surface area contributed by atoms with Gasteiger partial charge in [-0.1, -0.05) is 17.8 Å². The van der Waals surface area contributed by atoms with Gasteiger partial charge >= 0.3 is 0 Å². The number of halogens is 1. The summed E-state index contributed by atoms with van der Waals surface area (Å²) in [7, 11) is 0. The van der Waals surface area contributed by atoms with Gasteiger partial charge in [-0.2, -0.15) is 4.98 Å². The Hall–Kier alpha value is -2.15. The molecule has 2 aromatic heterocycles. The summed E-state index contributed by atoms with van der Waals surface area (Å²) in [5, 5.41) is 7.59. The van der Waals surface area contributed by atoms with Crippen molar-refractivity contribution in [3.05, 3.63) is 41.8 Å². The van der Waals surface area contributed by atoms with E-state index in [2.05, 4.69) is 20.2 Å². The first-order valence-corrected chi connectivity index (χ1v) is 6.55. The second-order valence-corrected chi connectivity index (χ2v) is 4.84. The molecule has 0 unspecified atom stereocenters. The molecule has 0 saturated carbocycles. The maximum absolute atomic E-state index is 13.6. The van der Waals surface area contributed by atoms with Crippen molar-refractivity contribution in [3.8, 4) is 0 Å². The van der Waals surface area contributed by atoms with Gasteiger partial charge in [-0.15, -0.1) is 5.10 Å². The van der Waals surface area contributed by atoms with E-state index in [1.807, 2.05) is 0 Å². The fourth-order valence-electron chi connectivity index (χ4n) is 1.78. The summed E-state index contributed by atoms with van der Waals surface area (Å²) in [5.74, 6) is 0.619. The molecule has 0 radical (unpaired) electrons. The minimum absolute atomic E-state index is 0.265. The van der Waals surface area contributed by atoms with Crippen LogP contribution in [-0.2, 0) is 5.75 Å². The number of anilines is 1. The monoisotopic (exact) mass is 275 g/mol. The van der Waals surface area contributed by atoms with Gasteiger partial charge in [0.2, 0.25) is 11.1 Å². The number of aromatic amines is 1. The molecule has 5 nitrogen and oxygen atoms in total. The maximum atomic E-state index is 13.6. The van der Waals surface area contributed by atoms with E-state index in [0.29, 0.717) is 21.8 Å². The van der Waals surface area contributed by atoms with Gasteiger partial charge in [0.05, 0.1) is 5.52 Å². The Morgan fingerprint density at radius 3 is 3.00 bits per heavy atom. The second kappa shape index (κ2) is 4.85. The molecule has 0 saturated heterocycles. The Morgan fingerprint density at radius 1 is 1.32 bits per heavy atom. The molecule has 3 aromatic rings. The number of thioether (sulfide) groups is 1. The highest BCUT2D eigenvalue weighted by atomic mass is 32.2. The molecule has 3 rings (SSSR count). The fraction of sp³-hybridized carbons (Fsp3) is 0.0833. The quantitative estimate of drug-likeness (QED) is 0.717. The van der Waals surface area contributed by atoms with Gasteiger partial charge in [0.25, 0.3) is 0 Å². The molecule has 1 aromatic carbocycles. The minimum atomic E-state index is -0.265. The average Bonchev–Trinajstić information content (AvgIpc) is 2.84. The summed E-state index contributed by atoms with van der Waals surface area (Å²) in [6, 6.07) is 6.62. The van der Waals surface area contributed by atoms with Gasteiger partial charge in [-0.05, 0) is 23.8 Å². The highest BCUT2D eigenvalue weighted by Crippen LogP contribution is 2.25. The number of hydrogen-bond donors (Lipinski definition) is 2. The summed E-state index contributed by atoms with van der Waals surface area (Å²) in [6.07, 6.45) is 1.65. The van der Waals surface area contributed by atoms with Crippen LogP contribution in [0.1, 0.15) is 5.56 Å². The largest absolute Gasteiger partial charge is 0.368 e. The summed E-state index contributed by atoms with van der Waals surface area (Å²) in [6.45, 7) is 0. The summed E-state index contributed by atoms with van der Waals surface area (Å²) >= 11 is 1.42. The van der Waals surface area contributed by atoms with Gasteiger partial charge in [0, 0.05) is 17.3 Å². The molecule has 0 fully saturated rings. The predicted octanol–water partition coefficient (Wildman–Crippen LogP) is 2.37. The molecule has 0 aliphatic carbocycles. The summed E-state index contributed by atoms with van der Waals surface area (Å²) < 4.78 is 13.6. The Labute approximate surface area is 112 Å². The van der Waals surface area contributed by atoms with Gasteiger partial charge in [0.1, 0.15) is 5.82 Å². The molecule has 0 bridgehead atoms. The van der Waals surface area contributed by atoms with Crippen molar-refractivity contribution in [2.24, 2.45) is 0 Å². The minimum Gasteiger partial charge on any atom is -0.368 e. The molecule has 7 heteroatoms. The van der Waals surface area contributed by atoms with Crippen LogP contribution in [0.2, 0.25) is 0 Å². The number of fused-ring (bicyclic) bond motifs is 1. The molecule has 0 aliphatic rings. The van der Waals surface area contributed by atoms with Crippen LogP contribution in [0.15, 0.2) is 35.6 Å². The zero-order valence-corrected chi connectivity index (χ0v) is 10.6. The Morgan fingerprint density at radius 2 is 2.21 bits per heavy atom. The summed E-state index contributed by atoms with van der Waals surface area (Å²) in [4.78, 5) is 8.24. The molecule has 19 heavy (non-hydrogen) atoms. The van der Waals surface area contributed by atoms with E-state index in [-0.39, 0.29) is 11.8 Å². The maximum Gasteiger partial charge on any atom is 0.216 e. The molecule has 0 atom stereocenters. The van der Waals surface area contributed by atoms with Crippen LogP contribution >= 0.6 is 11.8 Å². The fourth-order valence-corrected chi connectivity index (χ4v) is 2.57. The Balaban J connectivity index is 1.91. The van der Waals surface area contributed by atoms with Gasteiger partial charge < -0.3 is 5.73 Å². The van der Waals surface area contributed by atoms with Crippen molar-refractivity contribution < 1.29 is 4.39 Å². The third kappa shape index (κ3) is 2.37. The van der Waals surface area contributed by atoms with Crippen LogP contribution in [-0.4, -0.2) is 20.2 Å². The third-order valence-electron chi connectivity index (χ3n) is 2.64. The first-order valence-electron chi connectivity index (χ1n) is 5.57. The number of nitrogens with two attached hydrogens (primary N) is 1. The standard InChI is InChI=1S/C12H10FN5S/c13-9-4-3-7(10-8(9)2-1-5-15-10)6-19-12-16-11(14)17-18-12/h1-5H,6H2,(H3,14,16,17,18). The lowest BCUT2D eigenvalue weighted by atomic mass is 10.1. The third-order valence-corrected chi connectivity index (χ3v) is 3.54. The van der Waals surface area contributed by atoms with Crippen LogP contribution in [0.3, 0.4) is 0 Å². The van der Waals surface area contributed by atoms with Crippen molar-refractivity contribution in [3.63, 3.8) is 0 Å². The van der Waals surface area contributed by atoms with E-state index in [0.717, 1.165) is 5.56 Å². The molecule has 0 amide bonds. The van der Waals surface area contributed by atoms with Crippen LogP contribution in [0, 0.1) is 5.82 Å². The van der Waals surface area contributed by atoms with Gasteiger partial charge in [-0.3, -0.25) is 4.98 Å².